The quantitative estimate of drug-likeness (QED) is 0.545. The van der Waals surface area contributed by atoms with Gasteiger partial charge in [0.2, 0.25) is 0 Å². The summed E-state index contributed by atoms with van der Waals surface area (Å²) in [4.78, 5) is 18.7. The molecule has 2 aliphatic rings. The Morgan fingerprint density at radius 1 is 1.03 bits per heavy atom. The molecule has 31 heavy (non-hydrogen) atoms. The Balaban J connectivity index is 1.25. The van der Waals surface area contributed by atoms with Crippen LogP contribution in [-0.4, -0.2) is 64.8 Å². The fourth-order valence-electron chi connectivity index (χ4n) is 4.59. The lowest BCUT2D eigenvalue weighted by atomic mass is 10.0. The second-order valence-corrected chi connectivity index (χ2v) is 8.38. The molecule has 0 radical (unpaired) electrons. The number of oxazole rings is 1. The summed E-state index contributed by atoms with van der Waals surface area (Å²) in [6, 6.07) is 13.2. The standard InChI is InChI=1S/C23H24N6O2/c1-14-13-30-7-6-29(14)17-11-28(12-17)16-9-20-19(25-10-16)4-3-18(26-20)15-2-5-22-21(8-15)27-23(24)31-22/h2-5,8-10,14,17H,6-7,11-13H2,1H3,(H2,24,27)/t14-/m1/s1. The number of ether oxygens (including phenoxy) is 1. The van der Waals surface area contributed by atoms with Crippen LogP contribution in [0.4, 0.5) is 11.7 Å². The van der Waals surface area contributed by atoms with Gasteiger partial charge in [0.1, 0.15) is 5.52 Å². The van der Waals surface area contributed by atoms with Gasteiger partial charge in [-0.1, -0.05) is 0 Å². The third-order valence-electron chi connectivity index (χ3n) is 6.34. The van der Waals surface area contributed by atoms with E-state index in [1.165, 1.54) is 0 Å². The highest BCUT2D eigenvalue weighted by atomic mass is 16.5. The molecule has 5 heterocycles. The molecular weight excluding hydrogens is 392 g/mol. The summed E-state index contributed by atoms with van der Waals surface area (Å²) < 4.78 is 10.9. The maximum absolute atomic E-state index is 5.67. The van der Waals surface area contributed by atoms with Crippen LogP contribution in [0.1, 0.15) is 6.92 Å². The van der Waals surface area contributed by atoms with Crippen molar-refractivity contribution in [3.8, 4) is 11.3 Å². The van der Waals surface area contributed by atoms with Gasteiger partial charge in [0.05, 0.1) is 41.8 Å². The van der Waals surface area contributed by atoms with Gasteiger partial charge in [-0.2, -0.15) is 4.98 Å². The molecule has 1 aromatic carbocycles. The largest absolute Gasteiger partial charge is 0.424 e. The molecule has 4 aromatic rings. The fourth-order valence-corrected chi connectivity index (χ4v) is 4.59. The first kappa shape index (κ1) is 18.5. The summed E-state index contributed by atoms with van der Waals surface area (Å²) in [6.07, 6.45) is 1.95. The molecule has 3 aromatic heterocycles. The van der Waals surface area contributed by atoms with Gasteiger partial charge in [-0.3, -0.25) is 9.88 Å². The van der Waals surface area contributed by atoms with E-state index >= 15 is 0 Å². The predicted molar refractivity (Wildman–Crippen MR) is 120 cm³/mol. The topological polar surface area (TPSA) is 93.5 Å². The highest BCUT2D eigenvalue weighted by Gasteiger charge is 2.35. The van der Waals surface area contributed by atoms with Crippen LogP contribution in [-0.2, 0) is 4.74 Å². The number of rotatable bonds is 3. The molecule has 2 fully saturated rings. The molecule has 0 spiro atoms. The average Bonchev–Trinajstić information content (AvgIpc) is 3.12. The molecule has 1 atom stereocenters. The van der Waals surface area contributed by atoms with Gasteiger partial charge in [0, 0.05) is 37.3 Å². The molecule has 0 bridgehead atoms. The predicted octanol–water partition coefficient (Wildman–Crippen LogP) is 2.93. The zero-order valence-corrected chi connectivity index (χ0v) is 17.4. The Hall–Kier alpha value is -3.23. The molecule has 2 saturated heterocycles. The minimum absolute atomic E-state index is 0.173. The molecule has 0 unspecified atom stereocenters. The van der Waals surface area contributed by atoms with Crippen molar-refractivity contribution in [2.75, 3.05) is 43.5 Å². The van der Waals surface area contributed by atoms with E-state index in [9.17, 15) is 0 Å². The Morgan fingerprint density at radius 2 is 1.94 bits per heavy atom. The molecule has 0 aliphatic carbocycles. The van der Waals surface area contributed by atoms with Gasteiger partial charge in [0.25, 0.3) is 6.01 Å². The summed E-state index contributed by atoms with van der Waals surface area (Å²) in [5.74, 6) is 0. The Labute approximate surface area is 179 Å². The van der Waals surface area contributed by atoms with Gasteiger partial charge < -0.3 is 19.8 Å². The van der Waals surface area contributed by atoms with E-state index in [1.54, 1.807) is 0 Å². The van der Waals surface area contributed by atoms with Crippen LogP contribution in [0, 0.1) is 0 Å². The number of nitrogen functional groups attached to an aromatic ring is 1. The van der Waals surface area contributed by atoms with Crippen molar-refractivity contribution in [1.29, 1.82) is 0 Å². The lowest BCUT2D eigenvalue weighted by Gasteiger charge is -2.49. The minimum atomic E-state index is 0.173. The number of aromatic nitrogens is 3. The Kier molecular flexibility index (Phi) is 4.29. The SMILES string of the molecule is C[C@@H]1COCCN1C1CN(c2cnc3ccc(-c4ccc5oc(N)nc5c4)nc3c2)C1. The van der Waals surface area contributed by atoms with E-state index in [0.29, 0.717) is 17.7 Å². The monoisotopic (exact) mass is 416 g/mol. The van der Waals surface area contributed by atoms with Crippen LogP contribution in [0.3, 0.4) is 0 Å². The Bertz CT molecular complexity index is 1270. The molecule has 2 aliphatic heterocycles. The number of pyridine rings is 2. The second kappa shape index (κ2) is 7.18. The number of hydrogen-bond acceptors (Lipinski definition) is 8. The van der Waals surface area contributed by atoms with E-state index in [2.05, 4.69) is 32.8 Å². The zero-order chi connectivity index (χ0) is 20.9. The molecule has 8 heteroatoms. The molecule has 0 amide bonds. The van der Waals surface area contributed by atoms with Crippen LogP contribution in [0.5, 0.6) is 0 Å². The highest BCUT2D eigenvalue weighted by Crippen LogP contribution is 2.29. The van der Waals surface area contributed by atoms with Gasteiger partial charge in [0.15, 0.2) is 5.58 Å². The van der Waals surface area contributed by atoms with E-state index in [-0.39, 0.29) is 6.01 Å². The maximum Gasteiger partial charge on any atom is 0.292 e. The minimum Gasteiger partial charge on any atom is -0.424 e. The third-order valence-corrected chi connectivity index (χ3v) is 6.34. The number of hydrogen-bond donors (Lipinski definition) is 1. The number of benzene rings is 1. The summed E-state index contributed by atoms with van der Waals surface area (Å²) in [5.41, 5.74) is 11.8. The lowest BCUT2D eigenvalue weighted by Crippen LogP contribution is -2.63. The molecule has 6 rings (SSSR count). The first-order chi connectivity index (χ1) is 15.1. The summed E-state index contributed by atoms with van der Waals surface area (Å²) >= 11 is 0. The van der Waals surface area contributed by atoms with Crippen molar-refractivity contribution >= 4 is 33.8 Å². The average molecular weight is 416 g/mol. The smallest absolute Gasteiger partial charge is 0.292 e. The number of fused-ring (bicyclic) bond motifs is 2. The van der Waals surface area contributed by atoms with Gasteiger partial charge in [-0.15, -0.1) is 0 Å². The van der Waals surface area contributed by atoms with Crippen molar-refractivity contribution in [3.05, 3.63) is 42.6 Å². The highest BCUT2D eigenvalue weighted by molar-refractivity contribution is 5.84. The van der Waals surface area contributed by atoms with Crippen molar-refractivity contribution in [2.45, 2.75) is 19.0 Å². The third kappa shape index (κ3) is 3.28. The van der Waals surface area contributed by atoms with Gasteiger partial charge in [-0.25, -0.2) is 4.98 Å². The van der Waals surface area contributed by atoms with E-state index < -0.39 is 0 Å². The number of nitrogens with two attached hydrogens (primary N) is 1. The van der Waals surface area contributed by atoms with Gasteiger partial charge >= 0.3 is 0 Å². The van der Waals surface area contributed by atoms with Crippen molar-refractivity contribution in [2.24, 2.45) is 0 Å². The van der Waals surface area contributed by atoms with Crippen molar-refractivity contribution in [1.82, 2.24) is 19.9 Å². The van der Waals surface area contributed by atoms with Crippen LogP contribution >= 0.6 is 0 Å². The first-order valence-corrected chi connectivity index (χ1v) is 10.7. The van der Waals surface area contributed by atoms with Crippen LogP contribution < -0.4 is 10.6 Å². The van der Waals surface area contributed by atoms with Crippen molar-refractivity contribution in [3.63, 3.8) is 0 Å². The van der Waals surface area contributed by atoms with Crippen LogP contribution in [0.25, 0.3) is 33.4 Å². The van der Waals surface area contributed by atoms with Crippen molar-refractivity contribution < 1.29 is 9.15 Å². The summed E-state index contributed by atoms with van der Waals surface area (Å²) in [5, 5.41) is 0. The van der Waals surface area contributed by atoms with Crippen LogP contribution in [0.15, 0.2) is 47.0 Å². The van der Waals surface area contributed by atoms with E-state index in [4.69, 9.17) is 19.9 Å². The maximum atomic E-state index is 5.67. The normalized spacial score (nSPS) is 20.4. The number of nitrogens with zero attached hydrogens (tertiary/aromatic N) is 5. The lowest BCUT2D eigenvalue weighted by molar-refractivity contribution is -0.0274. The molecular formula is C23H24N6O2. The number of morpholine rings is 1. The molecule has 2 N–H and O–H groups in total. The van der Waals surface area contributed by atoms with E-state index in [1.807, 2.05) is 36.5 Å². The number of anilines is 2. The second-order valence-electron chi connectivity index (χ2n) is 8.38. The molecule has 0 saturated carbocycles. The summed E-state index contributed by atoms with van der Waals surface area (Å²) in [6.45, 7) is 6.95. The first-order valence-electron chi connectivity index (χ1n) is 10.7. The molecule has 158 valence electrons. The Morgan fingerprint density at radius 3 is 2.81 bits per heavy atom. The molecule has 8 nitrogen and oxygen atoms in total. The van der Waals surface area contributed by atoms with Gasteiger partial charge in [-0.05, 0) is 43.3 Å². The summed E-state index contributed by atoms with van der Waals surface area (Å²) in [7, 11) is 0. The fraction of sp³-hybridized carbons (Fsp3) is 0.348. The van der Waals surface area contributed by atoms with Crippen LogP contribution in [0.2, 0.25) is 0 Å². The van der Waals surface area contributed by atoms with E-state index in [0.717, 1.165) is 66.3 Å². The zero-order valence-electron chi connectivity index (χ0n) is 17.4.